The molecular weight excluding hydrogens is 241 g/mol. The number of piperidine rings is 1. The van der Waals surface area contributed by atoms with Crippen LogP contribution < -0.4 is 0 Å². The highest BCUT2D eigenvalue weighted by Crippen LogP contribution is 2.44. The molecule has 1 heterocycles. The van der Waals surface area contributed by atoms with Crippen LogP contribution in [0.4, 0.5) is 9.18 Å². The Balaban J connectivity index is 2.17. The minimum atomic E-state index is -1.16. The van der Waals surface area contributed by atoms with Crippen LogP contribution in [0.3, 0.4) is 0 Å². The fraction of sp³-hybridized carbons (Fsp3) is 0.833. The van der Waals surface area contributed by atoms with Crippen molar-refractivity contribution in [3.05, 3.63) is 0 Å². The fourth-order valence-electron chi connectivity index (χ4n) is 2.86. The van der Waals surface area contributed by atoms with E-state index >= 15 is 0 Å². The van der Waals surface area contributed by atoms with Gasteiger partial charge in [0.1, 0.15) is 17.8 Å². The molecule has 5 nitrogen and oxygen atoms in total. The Hall–Kier alpha value is -1.33. The number of rotatable bonds is 1. The number of likely N-dealkylation sites (tertiary alicyclic amines) is 1. The molecule has 1 aliphatic heterocycles. The number of ether oxygens (including phenoxy) is 1. The van der Waals surface area contributed by atoms with E-state index in [4.69, 9.17) is 9.84 Å². The number of hydrogen-bond acceptors (Lipinski definition) is 3. The van der Waals surface area contributed by atoms with Crippen molar-refractivity contribution in [3.63, 3.8) is 0 Å². The highest BCUT2D eigenvalue weighted by Gasteiger charge is 2.57. The number of carboxylic acids is 1. The van der Waals surface area contributed by atoms with E-state index in [1.807, 2.05) is 0 Å². The zero-order chi connectivity index (χ0) is 13.7. The van der Waals surface area contributed by atoms with Crippen LogP contribution >= 0.6 is 0 Å². The number of aliphatic carboxylic acids is 1. The van der Waals surface area contributed by atoms with Gasteiger partial charge in [0.2, 0.25) is 0 Å². The molecule has 1 aliphatic carbocycles. The van der Waals surface area contributed by atoms with Crippen LogP contribution in [0.2, 0.25) is 0 Å². The lowest BCUT2D eigenvalue weighted by Crippen LogP contribution is -2.53. The molecule has 2 aliphatic rings. The molecule has 0 radical (unpaired) electrons. The van der Waals surface area contributed by atoms with Crippen molar-refractivity contribution < 1.29 is 23.8 Å². The molecule has 4 atom stereocenters. The zero-order valence-electron chi connectivity index (χ0n) is 10.7. The number of hydrogen-bond donors (Lipinski definition) is 1. The van der Waals surface area contributed by atoms with Gasteiger partial charge < -0.3 is 9.84 Å². The van der Waals surface area contributed by atoms with Gasteiger partial charge in [-0.15, -0.1) is 0 Å². The maximum Gasteiger partial charge on any atom is 0.411 e. The first kappa shape index (κ1) is 13.1. The highest BCUT2D eigenvalue weighted by atomic mass is 19.1. The van der Waals surface area contributed by atoms with Crippen LogP contribution in [0.25, 0.3) is 0 Å². The summed E-state index contributed by atoms with van der Waals surface area (Å²) in [7, 11) is 0. The largest absolute Gasteiger partial charge is 0.480 e. The molecule has 1 saturated heterocycles. The van der Waals surface area contributed by atoms with Gasteiger partial charge >= 0.3 is 12.1 Å². The molecule has 1 saturated carbocycles. The Morgan fingerprint density at radius 2 is 1.94 bits per heavy atom. The first-order valence-corrected chi connectivity index (χ1v) is 6.09. The van der Waals surface area contributed by atoms with E-state index in [0.29, 0.717) is 6.42 Å². The highest BCUT2D eigenvalue weighted by molar-refractivity contribution is 5.82. The molecule has 0 aromatic heterocycles. The molecule has 0 aromatic carbocycles. The van der Waals surface area contributed by atoms with Gasteiger partial charge in [-0.25, -0.2) is 14.0 Å². The van der Waals surface area contributed by atoms with Gasteiger partial charge in [0.15, 0.2) is 0 Å². The van der Waals surface area contributed by atoms with E-state index in [-0.39, 0.29) is 12.5 Å². The van der Waals surface area contributed by atoms with Crippen molar-refractivity contribution in [1.82, 2.24) is 4.90 Å². The molecule has 2 rings (SSSR count). The third-order valence-electron chi connectivity index (χ3n) is 3.46. The number of halogens is 1. The van der Waals surface area contributed by atoms with Gasteiger partial charge in [-0.05, 0) is 33.6 Å². The van der Waals surface area contributed by atoms with Crippen LogP contribution in [0.5, 0.6) is 0 Å². The number of amides is 1. The summed E-state index contributed by atoms with van der Waals surface area (Å²) in [6, 6.07) is -1.44. The number of alkyl halides is 1. The van der Waals surface area contributed by atoms with Crippen LogP contribution in [0.1, 0.15) is 33.6 Å². The van der Waals surface area contributed by atoms with Crippen molar-refractivity contribution in [2.24, 2.45) is 5.92 Å². The van der Waals surface area contributed by atoms with E-state index in [1.54, 1.807) is 20.8 Å². The zero-order valence-corrected chi connectivity index (χ0v) is 10.7. The summed E-state index contributed by atoms with van der Waals surface area (Å²) in [5.74, 6) is -1.75. The molecule has 1 amide bonds. The van der Waals surface area contributed by atoms with Gasteiger partial charge in [-0.3, -0.25) is 4.90 Å². The second-order valence-corrected chi connectivity index (χ2v) is 5.98. The molecule has 2 fully saturated rings. The molecule has 102 valence electrons. The summed E-state index contributed by atoms with van der Waals surface area (Å²) in [5, 5.41) is 9.15. The Morgan fingerprint density at radius 1 is 1.33 bits per heavy atom. The van der Waals surface area contributed by atoms with E-state index in [1.165, 1.54) is 4.90 Å². The van der Waals surface area contributed by atoms with Crippen molar-refractivity contribution >= 4 is 12.1 Å². The van der Waals surface area contributed by atoms with E-state index in [2.05, 4.69) is 0 Å². The molecule has 0 aromatic rings. The molecular formula is C12H18FNO4. The fourth-order valence-corrected chi connectivity index (χ4v) is 2.86. The van der Waals surface area contributed by atoms with Gasteiger partial charge in [0.05, 0.1) is 0 Å². The SMILES string of the molecule is CC(C)(C)OC(=O)N1[C@@H]2C[C@H]([C@H](F)C2)[C@H]1C(=O)O. The maximum absolute atomic E-state index is 13.6. The van der Waals surface area contributed by atoms with Gasteiger partial charge in [0.25, 0.3) is 0 Å². The van der Waals surface area contributed by atoms with E-state index in [9.17, 15) is 14.0 Å². The number of carbonyl (C=O) groups excluding carboxylic acids is 1. The molecule has 0 spiro atoms. The van der Waals surface area contributed by atoms with Crippen molar-refractivity contribution in [2.75, 3.05) is 0 Å². The number of carbonyl (C=O) groups is 2. The van der Waals surface area contributed by atoms with Crippen molar-refractivity contribution in [2.45, 2.75) is 57.5 Å². The summed E-state index contributed by atoms with van der Waals surface area (Å²) < 4.78 is 18.8. The monoisotopic (exact) mass is 259 g/mol. The topological polar surface area (TPSA) is 66.8 Å². The minimum Gasteiger partial charge on any atom is -0.480 e. The normalized spacial score (nSPS) is 34.8. The summed E-state index contributed by atoms with van der Waals surface area (Å²) in [4.78, 5) is 24.4. The first-order chi connectivity index (χ1) is 8.20. The summed E-state index contributed by atoms with van der Waals surface area (Å²) in [6.07, 6.45) is -1.16. The molecule has 1 N–H and O–H groups in total. The molecule has 18 heavy (non-hydrogen) atoms. The van der Waals surface area contributed by atoms with E-state index < -0.39 is 35.8 Å². The number of carboxylic acid groups (broad SMARTS) is 1. The maximum atomic E-state index is 13.6. The lowest BCUT2D eigenvalue weighted by molar-refractivity contribution is -0.146. The van der Waals surface area contributed by atoms with Crippen LogP contribution in [-0.4, -0.2) is 45.9 Å². The average molecular weight is 259 g/mol. The quantitative estimate of drug-likeness (QED) is 0.779. The molecule has 2 bridgehead atoms. The van der Waals surface area contributed by atoms with Gasteiger partial charge in [0, 0.05) is 12.0 Å². The summed E-state index contributed by atoms with van der Waals surface area (Å²) >= 11 is 0. The van der Waals surface area contributed by atoms with Crippen LogP contribution in [0, 0.1) is 5.92 Å². The lowest BCUT2D eigenvalue weighted by Gasteiger charge is -2.35. The summed E-state index contributed by atoms with van der Waals surface area (Å²) in [5.41, 5.74) is -0.683. The Morgan fingerprint density at radius 3 is 2.44 bits per heavy atom. The predicted octanol–water partition coefficient (Wildman–Crippen LogP) is 1.81. The van der Waals surface area contributed by atoms with Crippen LogP contribution in [-0.2, 0) is 9.53 Å². The van der Waals surface area contributed by atoms with Gasteiger partial charge in [-0.1, -0.05) is 0 Å². The first-order valence-electron chi connectivity index (χ1n) is 6.09. The second kappa shape index (κ2) is 4.10. The minimum absolute atomic E-state index is 0.216. The predicted molar refractivity (Wildman–Crippen MR) is 60.9 cm³/mol. The molecule has 6 heteroatoms. The van der Waals surface area contributed by atoms with Crippen molar-refractivity contribution in [1.29, 1.82) is 0 Å². The molecule has 0 unspecified atom stereocenters. The smallest absolute Gasteiger partial charge is 0.411 e. The Labute approximate surface area is 105 Å². The van der Waals surface area contributed by atoms with Crippen molar-refractivity contribution in [3.8, 4) is 0 Å². The van der Waals surface area contributed by atoms with E-state index in [0.717, 1.165) is 0 Å². The standard InChI is InChI=1S/C12H18FNO4/c1-12(2,3)18-11(17)14-6-4-7(8(13)5-6)9(14)10(15)16/h6-9H,4-5H2,1-3H3,(H,15,16)/t6-,7-,8-,9+/m1/s1. The van der Waals surface area contributed by atoms with Gasteiger partial charge in [-0.2, -0.15) is 0 Å². The third kappa shape index (κ3) is 2.15. The lowest BCUT2D eigenvalue weighted by atomic mass is 9.97. The average Bonchev–Trinajstić information content (AvgIpc) is 2.69. The second-order valence-electron chi connectivity index (χ2n) is 5.98. The Kier molecular flexibility index (Phi) is 2.99. The summed E-state index contributed by atoms with van der Waals surface area (Å²) in [6.45, 7) is 5.15. The third-order valence-corrected chi connectivity index (χ3v) is 3.46. The number of fused-ring (bicyclic) bond motifs is 2. The number of nitrogens with zero attached hydrogens (tertiary/aromatic N) is 1. The Bertz CT molecular complexity index is 379. The van der Waals surface area contributed by atoms with Crippen LogP contribution in [0.15, 0.2) is 0 Å².